The van der Waals surface area contributed by atoms with Crippen LogP contribution in [0.1, 0.15) is 24.3 Å². The highest BCUT2D eigenvalue weighted by Crippen LogP contribution is 2.25. The summed E-state index contributed by atoms with van der Waals surface area (Å²) in [6.07, 6.45) is 2.95. The van der Waals surface area contributed by atoms with Gasteiger partial charge in [-0.1, -0.05) is 48.0 Å². The van der Waals surface area contributed by atoms with Crippen LogP contribution in [-0.4, -0.2) is 24.9 Å². The number of para-hydroxylation sites is 1. The third-order valence-corrected chi connectivity index (χ3v) is 4.19. The fourth-order valence-corrected chi connectivity index (χ4v) is 2.96. The van der Waals surface area contributed by atoms with Gasteiger partial charge < -0.3 is 5.11 Å². The lowest BCUT2D eigenvalue weighted by Crippen LogP contribution is -2.04. The predicted octanol–water partition coefficient (Wildman–Crippen LogP) is 3.84. The first-order chi connectivity index (χ1) is 12.1. The third kappa shape index (κ3) is 2.79. The zero-order valence-corrected chi connectivity index (χ0v) is 14.1. The Morgan fingerprint density at radius 2 is 1.72 bits per heavy atom. The number of aliphatic hydroxyl groups is 1. The van der Waals surface area contributed by atoms with E-state index in [2.05, 4.69) is 34.1 Å². The molecule has 2 aromatic carbocycles. The molecule has 0 saturated carbocycles. The first kappa shape index (κ1) is 15.5. The Labute approximate surface area is 145 Å². The van der Waals surface area contributed by atoms with E-state index in [9.17, 15) is 5.11 Å². The molecule has 5 heteroatoms. The van der Waals surface area contributed by atoms with Crippen molar-refractivity contribution < 1.29 is 5.11 Å². The van der Waals surface area contributed by atoms with Gasteiger partial charge in [0.2, 0.25) is 0 Å². The summed E-state index contributed by atoms with van der Waals surface area (Å²) in [5.74, 6) is 0.486. The number of benzene rings is 2. The van der Waals surface area contributed by atoms with Crippen LogP contribution in [0.2, 0.25) is 0 Å². The van der Waals surface area contributed by atoms with E-state index in [4.69, 9.17) is 0 Å². The molecule has 0 spiro atoms. The monoisotopic (exact) mass is 330 g/mol. The molecular weight excluding hydrogens is 312 g/mol. The fourth-order valence-electron chi connectivity index (χ4n) is 2.96. The van der Waals surface area contributed by atoms with Crippen LogP contribution < -0.4 is 0 Å². The van der Waals surface area contributed by atoms with Crippen molar-refractivity contribution in [2.75, 3.05) is 0 Å². The maximum atomic E-state index is 9.98. The highest BCUT2D eigenvalue weighted by atomic mass is 16.3. The molecule has 0 bridgehead atoms. The number of aliphatic hydroxyl groups excluding tert-OH is 1. The maximum Gasteiger partial charge on any atom is 0.251 e. The smallest absolute Gasteiger partial charge is 0.251 e. The molecule has 0 amide bonds. The normalized spacial score (nSPS) is 12.4. The van der Waals surface area contributed by atoms with Crippen LogP contribution in [0.3, 0.4) is 0 Å². The SMILES string of the molecule is Cc1cccc(-c2cnc(-n3nc(C(C)O)c4ccccc43)nc2)c1. The van der Waals surface area contributed by atoms with Crippen LogP contribution in [0.25, 0.3) is 28.0 Å². The largest absolute Gasteiger partial charge is 0.387 e. The lowest BCUT2D eigenvalue weighted by molar-refractivity contribution is 0.195. The number of aryl methyl sites for hydroxylation is 1. The summed E-state index contributed by atoms with van der Waals surface area (Å²) in [5.41, 5.74) is 4.74. The van der Waals surface area contributed by atoms with Gasteiger partial charge in [-0.15, -0.1) is 0 Å². The second kappa shape index (κ2) is 6.11. The van der Waals surface area contributed by atoms with Crippen LogP contribution in [0.15, 0.2) is 60.9 Å². The van der Waals surface area contributed by atoms with Gasteiger partial charge in [0.25, 0.3) is 5.95 Å². The maximum absolute atomic E-state index is 9.98. The topological polar surface area (TPSA) is 63.8 Å². The first-order valence-electron chi connectivity index (χ1n) is 8.18. The van der Waals surface area contributed by atoms with Gasteiger partial charge in [-0.25, -0.2) is 9.97 Å². The van der Waals surface area contributed by atoms with Crippen molar-refractivity contribution in [2.45, 2.75) is 20.0 Å². The minimum Gasteiger partial charge on any atom is -0.387 e. The van der Waals surface area contributed by atoms with Crippen molar-refractivity contribution in [3.05, 3.63) is 72.2 Å². The van der Waals surface area contributed by atoms with E-state index in [-0.39, 0.29) is 0 Å². The van der Waals surface area contributed by atoms with Gasteiger partial charge in [-0.3, -0.25) is 0 Å². The van der Waals surface area contributed by atoms with E-state index in [1.165, 1.54) is 5.56 Å². The van der Waals surface area contributed by atoms with Crippen molar-refractivity contribution in [3.8, 4) is 17.1 Å². The average Bonchev–Trinajstić information content (AvgIpc) is 3.02. The third-order valence-electron chi connectivity index (χ3n) is 4.19. The van der Waals surface area contributed by atoms with Crippen LogP contribution in [0.4, 0.5) is 0 Å². The number of fused-ring (bicyclic) bond motifs is 1. The molecule has 1 atom stereocenters. The molecule has 0 fully saturated rings. The molecule has 2 aromatic heterocycles. The van der Waals surface area contributed by atoms with E-state index >= 15 is 0 Å². The Kier molecular flexibility index (Phi) is 3.78. The van der Waals surface area contributed by atoms with E-state index < -0.39 is 6.10 Å². The summed E-state index contributed by atoms with van der Waals surface area (Å²) in [6.45, 7) is 3.77. The summed E-state index contributed by atoms with van der Waals surface area (Å²) in [7, 11) is 0. The first-order valence-corrected chi connectivity index (χ1v) is 8.18. The number of nitrogens with zero attached hydrogens (tertiary/aromatic N) is 4. The Morgan fingerprint density at radius 3 is 2.44 bits per heavy atom. The minimum atomic E-state index is -0.655. The molecule has 2 heterocycles. The molecule has 1 unspecified atom stereocenters. The molecule has 0 aliphatic heterocycles. The summed E-state index contributed by atoms with van der Waals surface area (Å²) in [5, 5.41) is 15.4. The second-order valence-corrected chi connectivity index (χ2v) is 6.13. The standard InChI is InChI=1S/C20H18N4O/c1-13-6-5-7-15(10-13)16-11-21-20(22-12-16)24-18-9-4-3-8-17(18)19(23-24)14(2)25/h3-12,14,25H,1-2H3. The zero-order valence-electron chi connectivity index (χ0n) is 14.1. The highest BCUT2D eigenvalue weighted by molar-refractivity contribution is 5.83. The van der Waals surface area contributed by atoms with Crippen molar-refractivity contribution in [1.82, 2.24) is 19.7 Å². The van der Waals surface area contributed by atoms with Crippen LogP contribution >= 0.6 is 0 Å². The fraction of sp³-hybridized carbons (Fsp3) is 0.150. The lowest BCUT2D eigenvalue weighted by Gasteiger charge is -2.05. The molecule has 0 saturated heterocycles. The van der Waals surface area contributed by atoms with Crippen molar-refractivity contribution in [1.29, 1.82) is 0 Å². The summed E-state index contributed by atoms with van der Waals surface area (Å²) >= 11 is 0. The zero-order chi connectivity index (χ0) is 17.4. The molecule has 0 aliphatic carbocycles. The molecule has 4 aromatic rings. The van der Waals surface area contributed by atoms with E-state index in [1.807, 2.05) is 36.4 Å². The Morgan fingerprint density at radius 1 is 0.960 bits per heavy atom. The van der Waals surface area contributed by atoms with Gasteiger partial charge in [0.1, 0.15) is 0 Å². The molecule has 0 radical (unpaired) electrons. The predicted molar refractivity (Wildman–Crippen MR) is 97.5 cm³/mol. The summed E-state index contributed by atoms with van der Waals surface area (Å²) < 4.78 is 1.68. The Hall–Kier alpha value is -3.05. The molecule has 124 valence electrons. The number of aromatic nitrogens is 4. The quantitative estimate of drug-likeness (QED) is 0.620. The van der Waals surface area contributed by atoms with Gasteiger partial charge in [0, 0.05) is 23.3 Å². The van der Waals surface area contributed by atoms with E-state index in [0.29, 0.717) is 11.6 Å². The van der Waals surface area contributed by atoms with Gasteiger partial charge in [0.05, 0.1) is 17.3 Å². The summed E-state index contributed by atoms with van der Waals surface area (Å²) in [6, 6.07) is 16.0. The average molecular weight is 330 g/mol. The second-order valence-electron chi connectivity index (χ2n) is 6.13. The molecular formula is C20H18N4O. The van der Waals surface area contributed by atoms with Crippen molar-refractivity contribution in [3.63, 3.8) is 0 Å². The number of hydrogen-bond donors (Lipinski definition) is 1. The summed E-state index contributed by atoms with van der Waals surface area (Å²) in [4.78, 5) is 8.97. The van der Waals surface area contributed by atoms with E-state index in [1.54, 1.807) is 24.0 Å². The van der Waals surface area contributed by atoms with E-state index in [0.717, 1.165) is 22.0 Å². The minimum absolute atomic E-state index is 0.486. The number of rotatable bonds is 3. The number of hydrogen-bond acceptors (Lipinski definition) is 4. The molecule has 4 rings (SSSR count). The molecule has 25 heavy (non-hydrogen) atoms. The highest BCUT2D eigenvalue weighted by Gasteiger charge is 2.16. The Bertz CT molecular complexity index is 1040. The van der Waals surface area contributed by atoms with Crippen molar-refractivity contribution >= 4 is 10.9 Å². The van der Waals surface area contributed by atoms with Gasteiger partial charge >= 0.3 is 0 Å². The van der Waals surface area contributed by atoms with Crippen LogP contribution in [0, 0.1) is 6.92 Å². The van der Waals surface area contributed by atoms with Crippen LogP contribution in [-0.2, 0) is 0 Å². The Balaban J connectivity index is 1.79. The molecule has 5 nitrogen and oxygen atoms in total. The van der Waals surface area contributed by atoms with Gasteiger partial charge in [0.15, 0.2) is 0 Å². The molecule has 0 aliphatic rings. The van der Waals surface area contributed by atoms with Crippen molar-refractivity contribution in [2.24, 2.45) is 0 Å². The molecule has 1 N–H and O–H groups in total. The van der Waals surface area contributed by atoms with Crippen LogP contribution in [0.5, 0.6) is 0 Å². The van der Waals surface area contributed by atoms with Gasteiger partial charge in [-0.05, 0) is 25.5 Å². The van der Waals surface area contributed by atoms with Gasteiger partial charge in [-0.2, -0.15) is 9.78 Å². The lowest BCUT2D eigenvalue weighted by atomic mass is 10.1.